The number of rotatable bonds is 4. The van der Waals surface area contributed by atoms with Crippen molar-refractivity contribution in [1.29, 1.82) is 0 Å². The summed E-state index contributed by atoms with van der Waals surface area (Å²) in [4.78, 5) is 11.6. The van der Waals surface area contributed by atoms with Gasteiger partial charge in [-0.3, -0.25) is 0 Å². The van der Waals surface area contributed by atoms with Crippen LogP contribution >= 0.6 is 0 Å². The van der Waals surface area contributed by atoms with Gasteiger partial charge in [0.15, 0.2) is 0 Å². The largest absolute Gasteiger partial charge is 0.388 e. The second-order valence-electron chi connectivity index (χ2n) is 4.81. The molecular weight excluding hydrogens is 216 g/mol. The monoisotopic (exact) mass is 234 g/mol. The maximum atomic E-state index is 11.6. The van der Waals surface area contributed by atoms with Gasteiger partial charge in [-0.2, -0.15) is 0 Å². The number of amides is 2. The molecule has 1 aliphatic carbocycles. The minimum Gasteiger partial charge on any atom is -0.388 e. The first-order chi connectivity index (χ1) is 8.08. The van der Waals surface area contributed by atoms with E-state index in [4.69, 9.17) is 0 Å². The van der Waals surface area contributed by atoms with Crippen molar-refractivity contribution in [2.24, 2.45) is 5.92 Å². The first-order valence-corrected chi connectivity index (χ1v) is 5.90. The van der Waals surface area contributed by atoms with E-state index in [-0.39, 0.29) is 12.6 Å². The highest BCUT2D eigenvalue weighted by molar-refractivity contribution is 5.89. The van der Waals surface area contributed by atoms with Gasteiger partial charge in [0.1, 0.15) is 0 Å². The Bertz CT molecular complexity index is 386. The summed E-state index contributed by atoms with van der Waals surface area (Å²) in [6.07, 6.45) is 2.10. The van der Waals surface area contributed by atoms with E-state index in [2.05, 4.69) is 10.6 Å². The summed E-state index contributed by atoms with van der Waals surface area (Å²) in [5.74, 6) is 0.333. The van der Waals surface area contributed by atoms with Gasteiger partial charge < -0.3 is 15.7 Å². The number of anilines is 1. The van der Waals surface area contributed by atoms with Crippen molar-refractivity contribution in [1.82, 2.24) is 5.32 Å². The molecule has 2 rings (SSSR count). The van der Waals surface area contributed by atoms with Crippen molar-refractivity contribution in [3.05, 3.63) is 30.3 Å². The number of aliphatic hydroxyl groups is 1. The molecular formula is C13H18N2O2. The molecule has 17 heavy (non-hydrogen) atoms. The van der Waals surface area contributed by atoms with Crippen molar-refractivity contribution in [2.75, 3.05) is 11.9 Å². The summed E-state index contributed by atoms with van der Waals surface area (Å²) in [6, 6.07) is 8.96. The molecule has 1 fully saturated rings. The van der Waals surface area contributed by atoms with Gasteiger partial charge in [-0.1, -0.05) is 18.2 Å². The molecule has 2 amide bonds. The molecule has 1 aromatic carbocycles. The Morgan fingerprint density at radius 1 is 1.41 bits per heavy atom. The molecule has 1 aromatic rings. The van der Waals surface area contributed by atoms with E-state index in [0.29, 0.717) is 5.92 Å². The lowest BCUT2D eigenvalue weighted by molar-refractivity contribution is 0.0398. The first-order valence-electron chi connectivity index (χ1n) is 5.90. The maximum Gasteiger partial charge on any atom is 0.319 e. The minimum atomic E-state index is -0.784. The van der Waals surface area contributed by atoms with Crippen LogP contribution < -0.4 is 10.6 Å². The highest BCUT2D eigenvalue weighted by Gasteiger charge is 2.39. The van der Waals surface area contributed by atoms with Crippen LogP contribution in [0.2, 0.25) is 0 Å². The standard InChI is InChI=1S/C13H18N2O2/c1-13(17,10-7-8-10)9-14-12(16)15-11-5-3-2-4-6-11/h2-6,10,17H,7-9H2,1H3,(H2,14,15,16)/t13-/m0/s1. The van der Waals surface area contributed by atoms with E-state index in [9.17, 15) is 9.90 Å². The number of urea groups is 1. The number of nitrogens with one attached hydrogen (secondary N) is 2. The van der Waals surface area contributed by atoms with Gasteiger partial charge >= 0.3 is 6.03 Å². The quantitative estimate of drug-likeness (QED) is 0.746. The zero-order valence-corrected chi connectivity index (χ0v) is 9.94. The predicted octanol–water partition coefficient (Wildman–Crippen LogP) is 1.97. The highest BCUT2D eigenvalue weighted by Crippen LogP contribution is 2.38. The first kappa shape index (κ1) is 11.9. The Hall–Kier alpha value is -1.55. The molecule has 0 aromatic heterocycles. The van der Waals surface area contributed by atoms with Crippen LogP contribution in [0.15, 0.2) is 30.3 Å². The van der Waals surface area contributed by atoms with Gasteiger partial charge in [-0.25, -0.2) is 4.79 Å². The number of carbonyl (C=O) groups excluding carboxylic acids is 1. The van der Waals surface area contributed by atoms with Crippen LogP contribution in [0.5, 0.6) is 0 Å². The molecule has 4 heteroatoms. The van der Waals surface area contributed by atoms with Gasteiger partial charge in [0.2, 0.25) is 0 Å². The number of hydrogen-bond acceptors (Lipinski definition) is 2. The summed E-state index contributed by atoms with van der Waals surface area (Å²) < 4.78 is 0. The molecule has 0 bridgehead atoms. The van der Waals surface area contributed by atoms with E-state index >= 15 is 0 Å². The summed E-state index contributed by atoms with van der Waals surface area (Å²) in [5, 5.41) is 15.4. The molecule has 0 spiro atoms. The third-order valence-electron chi connectivity index (χ3n) is 3.10. The molecule has 0 saturated heterocycles. The Kier molecular flexibility index (Phi) is 3.33. The van der Waals surface area contributed by atoms with E-state index in [1.807, 2.05) is 30.3 Å². The van der Waals surface area contributed by atoms with E-state index in [1.54, 1.807) is 6.92 Å². The lowest BCUT2D eigenvalue weighted by atomic mass is 10.0. The summed E-state index contributed by atoms with van der Waals surface area (Å²) in [6.45, 7) is 2.06. The molecule has 92 valence electrons. The number of benzene rings is 1. The second-order valence-corrected chi connectivity index (χ2v) is 4.81. The van der Waals surface area contributed by atoms with E-state index in [1.165, 1.54) is 0 Å². The van der Waals surface area contributed by atoms with Crippen molar-refractivity contribution >= 4 is 11.7 Å². The second kappa shape index (κ2) is 4.75. The zero-order chi connectivity index (χ0) is 12.3. The topological polar surface area (TPSA) is 61.4 Å². The Balaban J connectivity index is 1.78. The predicted molar refractivity (Wildman–Crippen MR) is 66.8 cm³/mol. The number of hydrogen-bond donors (Lipinski definition) is 3. The number of para-hydroxylation sites is 1. The molecule has 1 saturated carbocycles. The minimum absolute atomic E-state index is 0.280. The fourth-order valence-electron chi connectivity index (χ4n) is 1.81. The fourth-order valence-corrected chi connectivity index (χ4v) is 1.81. The smallest absolute Gasteiger partial charge is 0.319 e. The average Bonchev–Trinajstić information content (AvgIpc) is 3.12. The SMILES string of the molecule is C[C@](O)(CNC(=O)Nc1ccccc1)C1CC1. The van der Waals surface area contributed by atoms with Gasteiger partial charge in [0, 0.05) is 12.2 Å². The fraction of sp³-hybridized carbons (Fsp3) is 0.462. The van der Waals surface area contributed by atoms with Crippen LogP contribution in [0.4, 0.5) is 10.5 Å². The Morgan fingerprint density at radius 3 is 2.65 bits per heavy atom. The van der Waals surface area contributed by atoms with Crippen molar-refractivity contribution < 1.29 is 9.90 Å². The maximum absolute atomic E-state index is 11.6. The van der Waals surface area contributed by atoms with Crippen LogP contribution in [-0.4, -0.2) is 23.3 Å². The van der Waals surface area contributed by atoms with Gasteiger partial charge in [0.25, 0.3) is 0 Å². The zero-order valence-electron chi connectivity index (χ0n) is 9.94. The molecule has 4 nitrogen and oxygen atoms in total. The van der Waals surface area contributed by atoms with E-state index in [0.717, 1.165) is 18.5 Å². The molecule has 0 aliphatic heterocycles. The van der Waals surface area contributed by atoms with Gasteiger partial charge in [-0.05, 0) is 37.8 Å². The lowest BCUT2D eigenvalue weighted by Crippen LogP contribution is -2.43. The summed E-state index contributed by atoms with van der Waals surface area (Å²) in [7, 11) is 0. The summed E-state index contributed by atoms with van der Waals surface area (Å²) >= 11 is 0. The molecule has 1 aliphatic rings. The van der Waals surface area contributed by atoms with Crippen LogP contribution in [0, 0.1) is 5.92 Å². The third-order valence-corrected chi connectivity index (χ3v) is 3.10. The van der Waals surface area contributed by atoms with Crippen molar-refractivity contribution in [3.8, 4) is 0 Å². The average molecular weight is 234 g/mol. The van der Waals surface area contributed by atoms with E-state index < -0.39 is 5.60 Å². The summed E-state index contributed by atoms with van der Waals surface area (Å²) in [5.41, 5.74) is -0.0373. The van der Waals surface area contributed by atoms with Crippen LogP contribution in [0.25, 0.3) is 0 Å². The van der Waals surface area contributed by atoms with Crippen LogP contribution in [0.1, 0.15) is 19.8 Å². The molecule has 1 atom stereocenters. The highest BCUT2D eigenvalue weighted by atomic mass is 16.3. The van der Waals surface area contributed by atoms with Crippen LogP contribution in [-0.2, 0) is 0 Å². The van der Waals surface area contributed by atoms with Crippen molar-refractivity contribution in [3.63, 3.8) is 0 Å². The molecule has 0 radical (unpaired) electrons. The lowest BCUT2D eigenvalue weighted by Gasteiger charge is -2.23. The Labute approximate surface area is 101 Å². The van der Waals surface area contributed by atoms with Crippen LogP contribution in [0.3, 0.4) is 0 Å². The normalized spacial score (nSPS) is 18.2. The van der Waals surface area contributed by atoms with Gasteiger partial charge in [0.05, 0.1) is 5.60 Å². The van der Waals surface area contributed by atoms with Gasteiger partial charge in [-0.15, -0.1) is 0 Å². The molecule has 0 heterocycles. The molecule has 3 N–H and O–H groups in total. The van der Waals surface area contributed by atoms with Crippen molar-refractivity contribution in [2.45, 2.75) is 25.4 Å². The third kappa shape index (κ3) is 3.46. The Morgan fingerprint density at radius 2 is 2.06 bits per heavy atom. The molecule has 0 unspecified atom stereocenters. The number of carbonyl (C=O) groups is 1.